The normalized spacial score (nSPS) is 12.4. The Hall–Kier alpha value is -1.00. The fourth-order valence-corrected chi connectivity index (χ4v) is 2.07. The molecule has 0 radical (unpaired) electrons. The second-order valence-electron chi connectivity index (χ2n) is 3.60. The lowest BCUT2D eigenvalue weighted by atomic mass is 10.1. The van der Waals surface area contributed by atoms with Gasteiger partial charge in [0.1, 0.15) is 0 Å². The van der Waals surface area contributed by atoms with Gasteiger partial charge in [-0.25, -0.2) is 0 Å². The van der Waals surface area contributed by atoms with Crippen LogP contribution in [0.4, 0.5) is 0 Å². The summed E-state index contributed by atoms with van der Waals surface area (Å²) in [5.74, 6) is 0.0531. The van der Waals surface area contributed by atoms with Crippen molar-refractivity contribution in [3.05, 3.63) is 29.8 Å². The van der Waals surface area contributed by atoms with E-state index in [1.165, 1.54) is 17.3 Å². The highest BCUT2D eigenvalue weighted by molar-refractivity contribution is 8.00. The Morgan fingerprint density at radius 3 is 2.56 bits per heavy atom. The van der Waals surface area contributed by atoms with Gasteiger partial charge in [0.25, 0.3) is 0 Å². The van der Waals surface area contributed by atoms with Crippen LogP contribution in [0, 0.1) is 0 Å². The van der Waals surface area contributed by atoms with Crippen LogP contribution in [0.1, 0.15) is 25.5 Å². The van der Waals surface area contributed by atoms with Gasteiger partial charge in [0, 0.05) is 10.9 Å². The molecule has 0 saturated heterocycles. The van der Waals surface area contributed by atoms with Crippen LogP contribution < -0.4 is 11.1 Å². The predicted octanol–water partition coefficient (Wildman–Crippen LogP) is 1.93. The molecule has 0 saturated carbocycles. The summed E-state index contributed by atoms with van der Waals surface area (Å²) in [4.78, 5) is 11.7. The number of thioether (sulfide) groups is 1. The average molecular weight is 238 g/mol. The van der Waals surface area contributed by atoms with Crippen LogP contribution in [0.2, 0.25) is 0 Å². The second-order valence-corrected chi connectivity index (χ2v) is 4.65. The summed E-state index contributed by atoms with van der Waals surface area (Å²) in [6.45, 7) is 5.18. The Morgan fingerprint density at radius 2 is 2.06 bits per heavy atom. The van der Waals surface area contributed by atoms with Gasteiger partial charge in [-0.05, 0) is 31.2 Å². The van der Waals surface area contributed by atoms with E-state index in [2.05, 4.69) is 31.3 Å². The highest BCUT2D eigenvalue weighted by Gasteiger charge is 2.03. The molecule has 1 rings (SSSR count). The van der Waals surface area contributed by atoms with Crippen LogP contribution in [0.15, 0.2) is 29.2 Å². The van der Waals surface area contributed by atoms with Crippen LogP contribution in [0.3, 0.4) is 0 Å². The summed E-state index contributed by atoms with van der Waals surface area (Å²) in [6.07, 6.45) is 0. The first-order valence-electron chi connectivity index (χ1n) is 5.38. The number of rotatable bonds is 6. The summed E-state index contributed by atoms with van der Waals surface area (Å²) in [7, 11) is 0. The van der Waals surface area contributed by atoms with E-state index in [0.29, 0.717) is 11.8 Å². The number of carbonyl (C=O) groups excluding carboxylic acids is 1. The topological polar surface area (TPSA) is 55.1 Å². The SMILES string of the molecule is CCNC(C)c1ccc(SCC(N)=O)cc1. The third kappa shape index (κ3) is 4.24. The number of benzene rings is 1. The maximum Gasteiger partial charge on any atom is 0.227 e. The zero-order valence-corrected chi connectivity index (χ0v) is 10.5. The number of nitrogens with two attached hydrogens (primary N) is 1. The molecular formula is C12H18N2OS. The van der Waals surface area contributed by atoms with E-state index in [-0.39, 0.29) is 5.91 Å². The lowest BCUT2D eigenvalue weighted by Gasteiger charge is -2.12. The zero-order chi connectivity index (χ0) is 12.0. The lowest BCUT2D eigenvalue weighted by molar-refractivity contribution is -0.115. The molecule has 1 atom stereocenters. The van der Waals surface area contributed by atoms with Crippen molar-refractivity contribution in [3.63, 3.8) is 0 Å². The molecule has 0 heterocycles. The van der Waals surface area contributed by atoms with E-state index in [1.54, 1.807) is 0 Å². The Labute approximate surface area is 101 Å². The molecule has 4 heteroatoms. The molecule has 3 N–H and O–H groups in total. The molecule has 16 heavy (non-hydrogen) atoms. The fourth-order valence-electron chi connectivity index (χ4n) is 1.43. The van der Waals surface area contributed by atoms with Crippen LogP contribution >= 0.6 is 11.8 Å². The molecule has 0 aliphatic carbocycles. The maximum absolute atomic E-state index is 10.6. The second kappa shape index (κ2) is 6.55. The molecule has 1 aromatic carbocycles. The van der Waals surface area contributed by atoms with Crippen molar-refractivity contribution in [2.24, 2.45) is 5.73 Å². The third-order valence-electron chi connectivity index (χ3n) is 2.27. The molecule has 3 nitrogen and oxygen atoms in total. The highest BCUT2D eigenvalue weighted by atomic mass is 32.2. The number of hydrogen-bond donors (Lipinski definition) is 2. The molecule has 0 fully saturated rings. The van der Waals surface area contributed by atoms with Gasteiger partial charge in [0.15, 0.2) is 0 Å². The minimum atomic E-state index is -0.282. The molecule has 1 aromatic rings. The fraction of sp³-hybridized carbons (Fsp3) is 0.417. The largest absolute Gasteiger partial charge is 0.369 e. The molecule has 0 aliphatic rings. The van der Waals surface area contributed by atoms with Crippen molar-refractivity contribution in [3.8, 4) is 0 Å². The van der Waals surface area contributed by atoms with E-state index in [0.717, 1.165) is 11.4 Å². The molecule has 88 valence electrons. The Balaban J connectivity index is 2.57. The van der Waals surface area contributed by atoms with Gasteiger partial charge in [0.2, 0.25) is 5.91 Å². The van der Waals surface area contributed by atoms with Gasteiger partial charge < -0.3 is 11.1 Å². The molecule has 1 unspecified atom stereocenters. The average Bonchev–Trinajstić information content (AvgIpc) is 2.27. The first kappa shape index (κ1) is 13.1. The summed E-state index contributed by atoms with van der Waals surface area (Å²) in [5.41, 5.74) is 6.34. The van der Waals surface area contributed by atoms with Gasteiger partial charge >= 0.3 is 0 Å². The lowest BCUT2D eigenvalue weighted by Crippen LogP contribution is -2.17. The van der Waals surface area contributed by atoms with E-state index in [1.807, 2.05) is 12.1 Å². The van der Waals surface area contributed by atoms with Gasteiger partial charge in [0.05, 0.1) is 5.75 Å². The van der Waals surface area contributed by atoms with Gasteiger partial charge in [-0.1, -0.05) is 19.1 Å². The number of primary amides is 1. The Morgan fingerprint density at radius 1 is 1.44 bits per heavy atom. The monoisotopic (exact) mass is 238 g/mol. The van der Waals surface area contributed by atoms with Crippen molar-refractivity contribution < 1.29 is 4.79 Å². The van der Waals surface area contributed by atoms with E-state index in [4.69, 9.17) is 5.73 Å². The quantitative estimate of drug-likeness (QED) is 0.745. The molecule has 0 aliphatic heterocycles. The van der Waals surface area contributed by atoms with Gasteiger partial charge in [-0.2, -0.15) is 0 Å². The number of nitrogens with one attached hydrogen (secondary N) is 1. The van der Waals surface area contributed by atoms with E-state index in [9.17, 15) is 4.79 Å². The van der Waals surface area contributed by atoms with Crippen molar-refractivity contribution in [2.75, 3.05) is 12.3 Å². The van der Waals surface area contributed by atoms with Crippen LogP contribution in [-0.2, 0) is 4.79 Å². The summed E-state index contributed by atoms with van der Waals surface area (Å²) in [5, 5.41) is 3.35. The van der Waals surface area contributed by atoms with Crippen molar-refractivity contribution >= 4 is 17.7 Å². The van der Waals surface area contributed by atoms with E-state index < -0.39 is 0 Å². The smallest absolute Gasteiger partial charge is 0.227 e. The first-order valence-corrected chi connectivity index (χ1v) is 6.36. The summed E-state index contributed by atoms with van der Waals surface area (Å²) in [6, 6.07) is 8.57. The van der Waals surface area contributed by atoms with Crippen molar-refractivity contribution in [1.29, 1.82) is 0 Å². The Bertz CT molecular complexity index is 337. The van der Waals surface area contributed by atoms with Crippen LogP contribution in [0.25, 0.3) is 0 Å². The van der Waals surface area contributed by atoms with Crippen LogP contribution in [0.5, 0.6) is 0 Å². The zero-order valence-electron chi connectivity index (χ0n) is 9.69. The third-order valence-corrected chi connectivity index (χ3v) is 3.31. The van der Waals surface area contributed by atoms with E-state index >= 15 is 0 Å². The molecule has 0 bridgehead atoms. The maximum atomic E-state index is 10.6. The molecule has 0 spiro atoms. The van der Waals surface area contributed by atoms with Crippen molar-refractivity contribution in [1.82, 2.24) is 5.32 Å². The standard InChI is InChI=1S/C12H18N2OS/c1-3-14-9(2)10-4-6-11(7-5-10)16-8-12(13)15/h4-7,9,14H,3,8H2,1-2H3,(H2,13,15). The number of hydrogen-bond acceptors (Lipinski definition) is 3. The minimum absolute atomic E-state index is 0.282. The highest BCUT2D eigenvalue weighted by Crippen LogP contribution is 2.20. The predicted molar refractivity (Wildman–Crippen MR) is 68.5 cm³/mol. The first-order chi connectivity index (χ1) is 7.63. The summed E-state index contributed by atoms with van der Waals surface area (Å²) < 4.78 is 0. The molecular weight excluding hydrogens is 220 g/mol. The Kier molecular flexibility index (Phi) is 5.35. The number of carbonyl (C=O) groups is 1. The molecule has 0 aromatic heterocycles. The molecule has 1 amide bonds. The van der Waals surface area contributed by atoms with Gasteiger partial charge in [-0.3, -0.25) is 4.79 Å². The summed E-state index contributed by atoms with van der Waals surface area (Å²) >= 11 is 1.47. The number of amides is 1. The minimum Gasteiger partial charge on any atom is -0.369 e. The van der Waals surface area contributed by atoms with Gasteiger partial charge in [-0.15, -0.1) is 11.8 Å². The van der Waals surface area contributed by atoms with Crippen molar-refractivity contribution in [2.45, 2.75) is 24.8 Å². The van der Waals surface area contributed by atoms with Crippen LogP contribution in [-0.4, -0.2) is 18.2 Å².